The number of rotatable bonds is 6. The van der Waals surface area contributed by atoms with Gasteiger partial charge in [-0.15, -0.1) is 0 Å². The van der Waals surface area contributed by atoms with Crippen LogP contribution in [-0.2, 0) is 25.5 Å². The van der Waals surface area contributed by atoms with Gasteiger partial charge in [-0.05, 0) is 32.8 Å². The normalized spacial score (nSPS) is 12.2. The SMILES string of the molecule is COC(=O)[C@H](CS)N(C(=O)CCc1ccccc1)C(=O)OC(C)(C)C. The molecule has 0 fully saturated rings. The zero-order valence-electron chi connectivity index (χ0n) is 15.0. The number of imide groups is 1. The molecule has 0 radical (unpaired) electrons. The Balaban J connectivity index is 2.97. The first-order chi connectivity index (χ1) is 11.7. The fourth-order valence-electron chi connectivity index (χ4n) is 2.13. The first kappa shape index (κ1) is 21.0. The van der Waals surface area contributed by atoms with Crippen LogP contribution in [0.5, 0.6) is 0 Å². The van der Waals surface area contributed by atoms with Gasteiger partial charge in [0.1, 0.15) is 11.6 Å². The fraction of sp³-hybridized carbons (Fsp3) is 0.500. The molecule has 2 amide bonds. The molecule has 1 aromatic rings. The standard InChI is InChI=1S/C18H25NO5S/c1-18(2,3)24-17(22)19(14(12-25)16(21)23-4)15(20)11-10-13-8-6-5-7-9-13/h5-9,14,25H,10-12H2,1-4H3/t14-/m0/s1. The van der Waals surface area contributed by atoms with Crippen molar-refractivity contribution in [3.8, 4) is 0 Å². The third kappa shape index (κ3) is 6.78. The molecule has 0 aliphatic carbocycles. The van der Waals surface area contributed by atoms with Gasteiger partial charge in [-0.1, -0.05) is 30.3 Å². The monoisotopic (exact) mass is 367 g/mol. The number of aryl methyl sites for hydroxylation is 1. The Kier molecular flexibility index (Phi) is 7.96. The molecule has 0 aliphatic heterocycles. The van der Waals surface area contributed by atoms with Gasteiger partial charge in [-0.3, -0.25) is 4.79 Å². The average molecular weight is 367 g/mol. The number of methoxy groups -OCH3 is 1. The smallest absolute Gasteiger partial charge is 0.417 e. The van der Waals surface area contributed by atoms with Crippen molar-refractivity contribution < 1.29 is 23.9 Å². The lowest BCUT2D eigenvalue weighted by Gasteiger charge is -2.30. The molecule has 0 spiro atoms. The van der Waals surface area contributed by atoms with Crippen molar-refractivity contribution in [3.05, 3.63) is 35.9 Å². The number of hydrogen-bond donors (Lipinski definition) is 1. The highest BCUT2D eigenvalue weighted by Gasteiger charge is 2.37. The maximum atomic E-state index is 12.6. The third-order valence-corrected chi connectivity index (χ3v) is 3.63. The first-order valence-corrected chi connectivity index (χ1v) is 8.60. The second kappa shape index (κ2) is 9.46. The molecular formula is C18H25NO5S. The molecule has 0 unspecified atom stereocenters. The highest BCUT2D eigenvalue weighted by molar-refractivity contribution is 7.80. The van der Waals surface area contributed by atoms with Crippen LogP contribution >= 0.6 is 12.6 Å². The third-order valence-electron chi connectivity index (χ3n) is 3.29. The summed E-state index contributed by atoms with van der Waals surface area (Å²) in [4.78, 5) is 37.9. The van der Waals surface area contributed by atoms with E-state index in [0.717, 1.165) is 10.5 Å². The molecule has 25 heavy (non-hydrogen) atoms. The highest BCUT2D eigenvalue weighted by Crippen LogP contribution is 2.16. The Morgan fingerprint density at radius 1 is 1.16 bits per heavy atom. The predicted octanol–water partition coefficient (Wildman–Crippen LogP) is 2.85. The minimum Gasteiger partial charge on any atom is -0.467 e. The number of carbonyl (C=O) groups excluding carboxylic acids is 3. The van der Waals surface area contributed by atoms with E-state index >= 15 is 0 Å². The lowest BCUT2D eigenvalue weighted by Crippen LogP contribution is -2.51. The van der Waals surface area contributed by atoms with Crippen LogP contribution in [0.1, 0.15) is 32.8 Å². The Bertz CT molecular complexity index is 597. The number of amides is 2. The fourth-order valence-corrected chi connectivity index (χ4v) is 2.44. The van der Waals surface area contributed by atoms with Gasteiger partial charge in [0.15, 0.2) is 0 Å². The molecule has 6 nitrogen and oxygen atoms in total. The summed E-state index contributed by atoms with van der Waals surface area (Å²) in [6.07, 6.45) is -0.376. The maximum Gasteiger partial charge on any atom is 0.417 e. The van der Waals surface area contributed by atoms with E-state index in [9.17, 15) is 14.4 Å². The van der Waals surface area contributed by atoms with Crippen LogP contribution in [0, 0.1) is 0 Å². The summed E-state index contributed by atoms with van der Waals surface area (Å²) in [7, 11) is 1.19. The minimum atomic E-state index is -1.13. The summed E-state index contributed by atoms with van der Waals surface area (Å²) < 4.78 is 9.96. The van der Waals surface area contributed by atoms with Crippen LogP contribution < -0.4 is 0 Å². The van der Waals surface area contributed by atoms with E-state index in [-0.39, 0.29) is 12.2 Å². The zero-order chi connectivity index (χ0) is 19.0. The molecule has 0 N–H and O–H groups in total. The highest BCUT2D eigenvalue weighted by atomic mass is 32.1. The van der Waals surface area contributed by atoms with E-state index in [4.69, 9.17) is 4.74 Å². The largest absolute Gasteiger partial charge is 0.467 e. The Morgan fingerprint density at radius 2 is 1.76 bits per heavy atom. The molecule has 0 aromatic heterocycles. The van der Waals surface area contributed by atoms with Crippen molar-refractivity contribution in [1.29, 1.82) is 0 Å². The minimum absolute atomic E-state index is 0.0526. The Labute approximate surface area is 153 Å². The van der Waals surface area contributed by atoms with Gasteiger partial charge in [0.2, 0.25) is 5.91 Å². The second-order valence-corrected chi connectivity index (χ2v) is 6.82. The molecular weight excluding hydrogens is 342 g/mol. The summed E-state index contributed by atoms with van der Waals surface area (Å²) in [6.45, 7) is 5.06. The van der Waals surface area contributed by atoms with Gasteiger partial charge in [0.25, 0.3) is 0 Å². The number of hydrogen-bond acceptors (Lipinski definition) is 6. The number of esters is 1. The van der Waals surface area contributed by atoms with E-state index in [0.29, 0.717) is 6.42 Å². The predicted molar refractivity (Wildman–Crippen MR) is 97.5 cm³/mol. The van der Waals surface area contributed by atoms with Crippen LogP contribution in [0.25, 0.3) is 0 Å². The van der Waals surface area contributed by atoms with Gasteiger partial charge in [-0.2, -0.15) is 12.6 Å². The van der Waals surface area contributed by atoms with Gasteiger partial charge < -0.3 is 9.47 Å². The average Bonchev–Trinajstić information content (AvgIpc) is 2.56. The van der Waals surface area contributed by atoms with Gasteiger partial charge in [0.05, 0.1) is 7.11 Å². The van der Waals surface area contributed by atoms with Crippen LogP contribution in [0.3, 0.4) is 0 Å². The molecule has 1 aromatic carbocycles. The molecule has 0 heterocycles. The van der Waals surface area contributed by atoms with Crippen molar-refractivity contribution in [2.24, 2.45) is 0 Å². The molecule has 138 valence electrons. The lowest BCUT2D eigenvalue weighted by atomic mass is 10.1. The molecule has 0 saturated carbocycles. The summed E-state index contributed by atoms with van der Waals surface area (Å²) in [5.41, 5.74) is 0.159. The molecule has 0 aliphatic rings. The molecule has 1 atom stereocenters. The Morgan fingerprint density at radius 3 is 2.24 bits per heavy atom. The van der Waals surface area contributed by atoms with E-state index in [1.807, 2.05) is 30.3 Å². The molecule has 0 saturated heterocycles. The van der Waals surface area contributed by atoms with E-state index < -0.39 is 29.6 Å². The summed E-state index contributed by atoms with van der Waals surface area (Å²) in [6, 6.07) is 8.27. The van der Waals surface area contributed by atoms with Gasteiger partial charge in [0, 0.05) is 12.2 Å². The summed E-state index contributed by atoms with van der Waals surface area (Å²) in [5.74, 6) is -1.28. The number of benzene rings is 1. The van der Waals surface area contributed by atoms with Crippen molar-refractivity contribution in [1.82, 2.24) is 4.90 Å². The summed E-state index contributed by atoms with van der Waals surface area (Å²) in [5, 5.41) is 0. The van der Waals surface area contributed by atoms with Crippen molar-refractivity contribution in [3.63, 3.8) is 0 Å². The van der Waals surface area contributed by atoms with Gasteiger partial charge in [-0.25, -0.2) is 14.5 Å². The van der Waals surface area contributed by atoms with Crippen molar-refractivity contribution in [2.75, 3.05) is 12.9 Å². The zero-order valence-corrected chi connectivity index (χ0v) is 15.9. The number of thiol groups is 1. The maximum absolute atomic E-state index is 12.6. The van der Waals surface area contributed by atoms with Crippen LogP contribution in [-0.4, -0.2) is 47.4 Å². The van der Waals surface area contributed by atoms with E-state index in [2.05, 4.69) is 17.4 Å². The van der Waals surface area contributed by atoms with Crippen molar-refractivity contribution >= 4 is 30.6 Å². The van der Waals surface area contributed by atoms with Crippen LogP contribution in [0.15, 0.2) is 30.3 Å². The second-order valence-electron chi connectivity index (χ2n) is 6.45. The number of carbonyl (C=O) groups is 3. The Hall–Kier alpha value is -2.02. The van der Waals surface area contributed by atoms with Crippen LogP contribution in [0.4, 0.5) is 4.79 Å². The van der Waals surface area contributed by atoms with E-state index in [1.165, 1.54) is 7.11 Å². The molecule has 7 heteroatoms. The quantitative estimate of drug-likeness (QED) is 0.618. The first-order valence-electron chi connectivity index (χ1n) is 7.97. The topological polar surface area (TPSA) is 72.9 Å². The molecule has 1 rings (SSSR count). The lowest BCUT2D eigenvalue weighted by molar-refractivity contribution is -0.151. The number of ether oxygens (including phenoxy) is 2. The van der Waals surface area contributed by atoms with Gasteiger partial charge >= 0.3 is 12.1 Å². The van der Waals surface area contributed by atoms with Crippen LogP contribution in [0.2, 0.25) is 0 Å². The number of nitrogens with zero attached hydrogens (tertiary/aromatic N) is 1. The summed E-state index contributed by atoms with van der Waals surface area (Å²) >= 11 is 4.08. The van der Waals surface area contributed by atoms with E-state index in [1.54, 1.807) is 20.8 Å². The van der Waals surface area contributed by atoms with Crippen molar-refractivity contribution in [2.45, 2.75) is 45.3 Å². The molecule has 0 bridgehead atoms.